The molecule has 1 aliphatic carbocycles. The van der Waals surface area contributed by atoms with E-state index >= 15 is 0 Å². The summed E-state index contributed by atoms with van der Waals surface area (Å²) in [5.41, 5.74) is -0.321. The number of esters is 1. The number of aromatic nitrogens is 1. The Morgan fingerprint density at radius 1 is 1.24 bits per heavy atom. The number of nitrogens with zero attached hydrogens (tertiary/aromatic N) is 3. The largest absolute Gasteiger partial charge is 0.488 e. The molecule has 2 amide bonds. The normalized spacial score (nSPS) is 23.2. The molecular formula is C30H37BrN4O7. The van der Waals surface area contributed by atoms with Gasteiger partial charge in [0.15, 0.2) is 5.78 Å². The predicted molar refractivity (Wildman–Crippen MR) is 161 cm³/mol. The molecule has 2 aromatic rings. The zero-order chi connectivity index (χ0) is 31.0. The highest BCUT2D eigenvalue weighted by molar-refractivity contribution is 9.09. The molecule has 4 rings (SSSR count). The maximum Gasteiger partial charge on any atom is 0.411 e. The van der Waals surface area contributed by atoms with E-state index in [1.165, 1.54) is 12.0 Å². The van der Waals surface area contributed by atoms with Gasteiger partial charge in [0.05, 0.1) is 24.5 Å². The van der Waals surface area contributed by atoms with Crippen LogP contribution in [-0.2, 0) is 19.1 Å². The van der Waals surface area contributed by atoms with Crippen molar-refractivity contribution in [2.45, 2.75) is 56.9 Å². The fourth-order valence-corrected chi connectivity index (χ4v) is 5.38. The van der Waals surface area contributed by atoms with Crippen LogP contribution in [0.4, 0.5) is 10.5 Å². The minimum atomic E-state index is -1.22. The van der Waals surface area contributed by atoms with E-state index < -0.39 is 41.3 Å². The number of carbonyl (C=O) groups excluding carboxylic acids is 4. The lowest BCUT2D eigenvalue weighted by Gasteiger charge is -2.28. The van der Waals surface area contributed by atoms with E-state index in [0.717, 1.165) is 5.69 Å². The van der Waals surface area contributed by atoms with Crippen LogP contribution < -0.4 is 15.0 Å². The summed E-state index contributed by atoms with van der Waals surface area (Å²) in [6, 6.07) is 6.25. The molecule has 2 fully saturated rings. The molecule has 0 radical (unpaired) electrons. The number of pyridine rings is 1. The van der Waals surface area contributed by atoms with Crippen molar-refractivity contribution in [3.05, 3.63) is 42.6 Å². The van der Waals surface area contributed by atoms with Crippen molar-refractivity contribution in [3.8, 4) is 5.75 Å². The molecule has 1 aromatic carbocycles. The Bertz CT molecular complexity index is 1420. The Kier molecular flexibility index (Phi) is 8.86. The number of hydrogen-bond donors (Lipinski definition) is 1. The maximum atomic E-state index is 13.6. The zero-order valence-electron chi connectivity index (χ0n) is 24.7. The molecule has 0 unspecified atom stereocenters. The van der Waals surface area contributed by atoms with Crippen LogP contribution in [0.2, 0.25) is 0 Å². The number of methoxy groups -OCH3 is 1. The summed E-state index contributed by atoms with van der Waals surface area (Å²) in [7, 11) is 5.07. The quantitative estimate of drug-likeness (QED) is 0.187. The lowest BCUT2D eigenvalue weighted by atomic mass is 10.1. The topological polar surface area (TPSA) is 127 Å². The number of likely N-dealkylation sites (tertiary alicyclic amines) is 1. The second-order valence-corrected chi connectivity index (χ2v) is 12.3. The van der Waals surface area contributed by atoms with Crippen LogP contribution in [0.15, 0.2) is 36.9 Å². The first-order valence-electron chi connectivity index (χ1n) is 13.6. The number of alkyl halides is 1. The summed E-state index contributed by atoms with van der Waals surface area (Å²) in [6.07, 6.45) is 0.787. The van der Waals surface area contributed by atoms with Crippen LogP contribution in [0.25, 0.3) is 10.9 Å². The monoisotopic (exact) mass is 644 g/mol. The fraction of sp³-hybridized carbons (Fsp3) is 0.500. The standard InChI is InChI=1S/C30H37BrN4O7/c1-8-17-14-30(17,27(38)40-7)33-26(37)23-12-19(16-35(23)28(39)42-29(2,3)4)41-25-13-22(24(36)15-31)32-21-11-18(34(5)6)9-10-20(21)25/h8-11,13,17,19,23H,1,12,14-16H2,2-7H3,(H,33,37)/t17-,19-,23+,30-/m1/s1. The SMILES string of the molecule is C=C[C@@H]1C[C@]1(NC(=O)[C@@H]1C[C@@H](Oc2cc(C(=O)CBr)nc3cc(N(C)C)ccc23)CN1C(=O)OC(C)(C)C)C(=O)OC. The minimum Gasteiger partial charge on any atom is -0.488 e. The first kappa shape index (κ1) is 31.3. The van der Waals surface area contributed by atoms with Gasteiger partial charge in [-0.3, -0.25) is 14.5 Å². The van der Waals surface area contributed by atoms with Crippen molar-refractivity contribution >= 4 is 56.3 Å². The number of halogens is 1. The van der Waals surface area contributed by atoms with E-state index in [9.17, 15) is 19.2 Å². The molecule has 12 heteroatoms. The minimum absolute atomic E-state index is 0.0461. The van der Waals surface area contributed by atoms with E-state index in [1.807, 2.05) is 37.2 Å². The van der Waals surface area contributed by atoms with Crippen LogP contribution in [0.3, 0.4) is 0 Å². The Morgan fingerprint density at radius 3 is 2.52 bits per heavy atom. The summed E-state index contributed by atoms with van der Waals surface area (Å²) in [5, 5.41) is 3.58. The molecule has 11 nitrogen and oxygen atoms in total. The number of fused-ring (bicyclic) bond motifs is 1. The molecule has 1 aromatic heterocycles. The lowest BCUT2D eigenvalue weighted by molar-refractivity contribution is -0.147. The fourth-order valence-electron chi connectivity index (χ4n) is 5.09. The first-order valence-corrected chi connectivity index (χ1v) is 14.8. The first-order chi connectivity index (χ1) is 19.7. The molecule has 0 bridgehead atoms. The van der Waals surface area contributed by atoms with Gasteiger partial charge in [0.25, 0.3) is 0 Å². The molecule has 42 heavy (non-hydrogen) atoms. The van der Waals surface area contributed by atoms with Crippen molar-refractivity contribution in [1.29, 1.82) is 0 Å². The van der Waals surface area contributed by atoms with Crippen LogP contribution in [0, 0.1) is 5.92 Å². The third kappa shape index (κ3) is 6.38. The third-order valence-electron chi connectivity index (χ3n) is 7.36. The number of ether oxygens (including phenoxy) is 3. The number of carbonyl (C=O) groups is 4. The number of hydrogen-bond acceptors (Lipinski definition) is 9. The van der Waals surface area contributed by atoms with E-state index in [2.05, 4.69) is 32.8 Å². The van der Waals surface area contributed by atoms with E-state index in [0.29, 0.717) is 23.1 Å². The van der Waals surface area contributed by atoms with Gasteiger partial charge in [-0.25, -0.2) is 14.6 Å². The number of amides is 2. The Balaban J connectivity index is 1.66. The molecule has 1 saturated heterocycles. The molecule has 2 aliphatic rings. The number of anilines is 1. The van der Waals surface area contributed by atoms with Crippen LogP contribution in [0.5, 0.6) is 5.75 Å². The smallest absolute Gasteiger partial charge is 0.411 e. The lowest BCUT2D eigenvalue weighted by Crippen LogP contribution is -2.53. The second kappa shape index (κ2) is 11.9. The van der Waals surface area contributed by atoms with Gasteiger partial charge in [-0.05, 0) is 45.4 Å². The molecular weight excluding hydrogens is 608 g/mol. The molecule has 2 heterocycles. The Morgan fingerprint density at radius 2 is 1.95 bits per heavy atom. The number of nitrogens with one attached hydrogen (secondary N) is 1. The molecule has 1 saturated carbocycles. The summed E-state index contributed by atoms with van der Waals surface area (Å²) < 4.78 is 17.0. The number of ketones is 1. The van der Waals surface area contributed by atoms with Crippen molar-refractivity contribution < 1.29 is 33.4 Å². The average Bonchev–Trinajstić information content (AvgIpc) is 3.48. The summed E-state index contributed by atoms with van der Waals surface area (Å²) in [4.78, 5) is 59.9. The summed E-state index contributed by atoms with van der Waals surface area (Å²) in [6.45, 7) is 9.01. The number of rotatable bonds is 9. The predicted octanol–water partition coefficient (Wildman–Crippen LogP) is 3.87. The van der Waals surface area contributed by atoms with Crippen molar-refractivity contribution in [2.24, 2.45) is 5.92 Å². The van der Waals surface area contributed by atoms with Crippen molar-refractivity contribution in [2.75, 3.05) is 38.0 Å². The summed E-state index contributed by atoms with van der Waals surface area (Å²) >= 11 is 3.21. The van der Waals surface area contributed by atoms with Crippen molar-refractivity contribution in [1.82, 2.24) is 15.2 Å². The molecule has 4 atom stereocenters. The highest BCUT2D eigenvalue weighted by Gasteiger charge is 2.62. The Hall–Kier alpha value is -3.67. The van der Waals surface area contributed by atoms with Gasteiger partial charge in [-0.1, -0.05) is 22.0 Å². The second-order valence-electron chi connectivity index (χ2n) is 11.8. The third-order valence-corrected chi connectivity index (χ3v) is 7.87. The van der Waals surface area contributed by atoms with Gasteiger partial charge in [0, 0.05) is 43.6 Å². The van der Waals surface area contributed by atoms with Crippen molar-refractivity contribution in [3.63, 3.8) is 0 Å². The van der Waals surface area contributed by atoms with Gasteiger partial charge >= 0.3 is 12.1 Å². The van der Waals surface area contributed by atoms with Gasteiger partial charge in [-0.15, -0.1) is 6.58 Å². The average molecular weight is 646 g/mol. The highest BCUT2D eigenvalue weighted by atomic mass is 79.9. The number of benzene rings is 1. The zero-order valence-corrected chi connectivity index (χ0v) is 26.3. The van der Waals surface area contributed by atoms with Gasteiger partial charge in [0.1, 0.15) is 34.7 Å². The highest BCUT2D eigenvalue weighted by Crippen LogP contribution is 2.45. The van der Waals surface area contributed by atoms with E-state index in [-0.39, 0.29) is 35.7 Å². The Labute approximate surface area is 253 Å². The molecule has 226 valence electrons. The number of Topliss-reactive ketones (excluding diaryl/α,β-unsaturated/α-hetero) is 1. The van der Waals surface area contributed by atoms with Crippen LogP contribution in [-0.4, -0.2) is 90.0 Å². The van der Waals surface area contributed by atoms with Gasteiger partial charge in [-0.2, -0.15) is 0 Å². The van der Waals surface area contributed by atoms with Gasteiger partial charge in [0.2, 0.25) is 5.91 Å². The van der Waals surface area contributed by atoms with Crippen LogP contribution in [0.1, 0.15) is 44.1 Å². The molecule has 0 spiro atoms. The van der Waals surface area contributed by atoms with Gasteiger partial charge < -0.3 is 24.4 Å². The van der Waals surface area contributed by atoms with Crippen LogP contribution >= 0.6 is 15.9 Å². The summed E-state index contributed by atoms with van der Waals surface area (Å²) in [5.74, 6) is -1.18. The molecule has 1 aliphatic heterocycles. The maximum absolute atomic E-state index is 13.6. The van der Waals surface area contributed by atoms with E-state index in [4.69, 9.17) is 14.2 Å². The van der Waals surface area contributed by atoms with E-state index in [1.54, 1.807) is 32.9 Å². The molecule has 1 N–H and O–H groups in total.